The molecule has 0 saturated carbocycles. The van der Waals surface area contributed by atoms with Gasteiger partial charge in [-0.3, -0.25) is 4.90 Å². The number of nitrogens with zero attached hydrogens (tertiary/aromatic N) is 2. The minimum atomic E-state index is -0.570. The third kappa shape index (κ3) is 4.12. The summed E-state index contributed by atoms with van der Waals surface area (Å²) in [5.74, 6) is -1.10. The number of benzene rings is 1. The first kappa shape index (κ1) is 13.6. The molecule has 0 N–H and O–H groups in total. The van der Waals surface area contributed by atoms with Crippen LogP contribution in [0.5, 0.6) is 0 Å². The van der Waals surface area contributed by atoms with Gasteiger partial charge in [0.2, 0.25) is 0 Å². The van der Waals surface area contributed by atoms with Gasteiger partial charge in [-0.1, -0.05) is 6.07 Å². The highest BCUT2D eigenvalue weighted by molar-refractivity contribution is 5.18. The van der Waals surface area contributed by atoms with E-state index in [2.05, 4.69) is 6.07 Å². The quantitative estimate of drug-likeness (QED) is 0.788. The fourth-order valence-electron chi connectivity index (χ4n) is 1.58. The first-order valence-electron chi connectivity index (χ1n) is 5.59. The van der Waals surface area contributed by atoms with E-state index in [0.717, 1.165) is 6.07 Å². The summed E-state index contributed by atoms with van der Waals surface area (Å²) in [4.78, 5) is 1.99. The minimum absolute atomic E-state index is 0.216. The Bertz CT molecular complexity index is 410. The van der Waals surface area contributed by atoms with Gasteiger partial charge in [-0.2, -0.15) is 5.26 Å². The van der Waals surface area contributed by atoms with Crippen molar-refractivity contribution in [2.24, 2.45) is 0 Å². The van der Waals surface area contributed by atoms with E-state index in [4.69, 9.17) is 5.26 Å². The van der Waals surface area contributed by atoms with E-state index < -0.39 is 11.6 Å². The van der Waals surface area contributed by atoms with E-state index in [9.17, 15) is 8.78 Å². The number of rotatable bonds is 5. The van der Waals surface area contributed by atoms with Crippen LogP contribution >= 0.6 is 0 Å². The third-order valence-corrected chi connectivity index (χ3v) is 2.63. The molecule has 0 aliphatic heterocycles. The Balaban J connectivity index is 2.75. The molecule has 1 aromatic carbocycles. The van der Waals surface area contributed by atoms with Crippen molar-refractivity contribution < 1.29 is 8.78 Å². The van der Waals surface area contributed by atoms with Crippen LogP contribution in [-0.4, -0.2) is 17.5 Å². The molecule has 0 aliphatic carbocycles. The summed E-state index contributed by atoms with van der Waals surface area (Å²) in [6, 6.07) is 5.87. The van der Waals surface area contributed by atoms with Crippen molar-refractivity contribution in [2.75, 3.05) is 6.54 Å². The maximum absolute atomic E-state index is 13.5. The van der Waals surface area contributed by atoms with Gasteiger partial charge < -0.3 is 0 Å². The van der Waals surface area contributed by atoms with Crippen LogP contribution in [0.3, 0.4) is 0 Å². The van der Waals surface area contributed by atoms with Gasteiger partial charge in [0, 0.05) is 37.2 Å². The predicted molar refractivity (Wildman–Crippen MR) is 62.1 cm³/mol. The molecule has 1 rings (SSSR count). The smallest absolute Gasteiger partial charge is 0.130 e. The third-order valence-electron chi connectivity index (χ3n) is 2.63. The molecule has 0 spiro atoms. The maximum Gasteiger partial charge on any atom is 0.130 e. The van der Waals surface area contributed by atoms with E-state index in [1.165, 1.54) is 12.1 Å². The van der Waals surface area contributed by atoms with Crippen LogP contribution in [0, 0.1) is 23.0 Å². The van der Waals surface area contributed by atoms with Crippen LogP contribution in [0.2, 0.25) is 0 Å². The highest BCUT2D eigenvalue weighted by atomic mass is 19.1. The zero-order valence-electron chi connectivity index (χ0n) is 10.1. The minimum Gasteiger partial charge on any atom is -0.296 e. The van der Waals surface area contributed by atoms with Gasteiger partial charge in [-0.25, -0.2) is 8.78 Å². The molecule has 0 unspecified atom stereocenters. The Labute approximate surface area is 100 Å². The summed E-state index contributed by atoms with van der Waals surface area (Å²) >= 11 is 0. The van der Waals surface area contributed by atoms with E-state index in [-0.39, 0.29) is 6.04 Å². The van der Waals surface area contributed by atoms with Gasteiger partial charge in [-0.15, -0.1) is 0 Å². The second-order valence-electron chi connectivity index (χ2n) is 4.21. The van der Waals surface area contributed by atoms with Crippen LogP contribution < -0.4 is 0 Å². The lowest BCUT2D eigenvalue weighted by Gasteiger charge is -2.25. The van der Waals surface area contributed by atoms with E-state index >= 15 is 0 Å². The van der Waals surface area contributed by atoms with Gasteiger partial charge in [0.1, 0.15) is 11.6 Å². The van der Waals surface area contributed by atoms with Gasteiger partial charge in [0.05, 0.1) is 6.07 Å². The molecule has 0 fully saturated rings. The molecule has 4 heteroatoms. The van der Waals surface area contributed by atoms with Crippen molar-refractivity contribution in [3.05, 3.63) is 35.4 Å². The Morgan fingerprint density at radius 1 is 1.35 bits per heavy atom. The van der Waals surface area contributed by atoms with Crippen molar-refractivity contribution in [1.82, 2.24) is 4.90 Å². The standard InChI is InChI=1S/C13H16F2N2/c1-10(2)17(7-3-6-16)9-11-4-5-12(14)8-13(11)15/h4-5,8,10H,3,7,9H2,1-2H3. The fourth-order valence-corrected chi connectivity index (χ4v) is 1.58. The molecule has 0 amide bonds. The Morgan fingerprint density at radius 2 is 2.06 bits per heavy atom. The van der Waals surface area contributed by atoms with Crippen molar-refractivity contribution >= 4 is 0 Å². The second kappa shape index (κ2) is 6.31. The molecular weight excluding hydrogens is 222 g/mol. The van der Waals surface area contributed by atoms with Crippen LogP contribution in [0.4, 0.5) is 8.78 Å². The molecular formula is C13H16F2N2. The number of halogens is 2. The van der Waals surface area contributed by atoms with Crippen molar-refractivity contribution in [3.8, 4) is 6.07 Å². The molecule has 0 bridgehead atoms. The topological polar surface area (TPSA) is 27.0 Å². The molecule has 0 heterocycles. The molecule has 0 aromatic heterocycles. The van der Waals surface area contributed by atoms with Crippen molar-refractivity contribution in [2.45, 2.75) is 32.9 Å². The van der Waals surface area contributed by atoms with Crippen LogP contribution in [0.1, 0.15) is 25.8 Å². The Hall–Kier alpha value is -1.47. The lowest BCUT2D eigenvalue weighted by Crippen LogP contribution is -2.31. The number of nitriles is 1. The predicted octanol–water partition coefficient (Wildman–Crippen LogP) is 3.09. The summed E-state index contributed by atoms with van der Waals surface area (Å²) in [6.07, 6.45) is 0.404. The van der Waals surface area contributed by atoms with Gasteiger partial charge >= 0.3 is 0 Å². The maximum atomic E-state index is 13.5. The molecule has 2 nitrogen and oxygen atoms in total. The summed E-state index contributed by atoms with van der Waals surface area (Å²) in [5.41, 5.74) is 0.457. The Morgan fingerprint density at radius 3 is 2.59 bits per heavy atom. The monoisotopic (exact) mass is 238 g/mol. The van der Waals surface area contributed by atoms with Crippen molar-refractivity contribution in [3.63, 3.8) is 0 Å². The Kier molecular flexibility index (Phi) is 5.05. The SMILES string of the molecule is CC(C)N(CCC#N)Cc1ccc(F)cc1F. The number of hydrogen-bond acceptors (Lipinski definition) is 2. The summed E-state index contributed by atoms with van der Waals surface area (Å²) in [6.45, 7) is 4.95. The molecule has 1 aromatic rings. The summed E-state index contributed by atoms with van der Waals surface area (Å²) in [7, 11) is 0. The summed E-state index contributed by atoms with van der Waals surface area (Å²) in [5, 5.41) is 8.55. The molecule has 17 heavy (non-hydrogen) atoms. The highest BCUT2D eigenvalue weighted by Gasteiger charge is 2.12. The van der Waals surface area contributed by atoms with Crippen LogP contribution in [-0.2, 0) is 6.54 Å². The molecule has 0 saturated heterocycles. The highest BCUT2D eigenvalue weighted by Crippen LogP contribution is 2.14. The van der Waals surface area contributed by atoms with Gasteiger partial charge in [0.25, 0.3) is 0 Å². The molecule has 0 aliphatic rings. The van der Waals surface area contributed by atoms with Crippen LogP contribution in [0.25, 0.3) is 0 Å². The van der Waals surface area contributed by atoms with Crippen molar-refractivity contribution in [1.29, 1.82) is 5.26 Å². The molecule has 0 atom stereocenters. The average molecular weight is 238 g/mol. The van der Waals surface area contributed by atoms with E-state index in [0.29, 0.717) is 25.1 Å². The fraction of sp³-hybridized carbons (Fsp3) is 0.462. The summed E-state index contributed by atoms with van der Waals surface area (Å²) < 4.78 is 26.2. The lowest BCUT2D eigenvalue weighted by atomic mass is 10.1. The normalized spacial score (nSPS) is 10.9. The first-order valence-corrected chi connectivity index (χ1v) is 5.59. The zero-order valence-corrected chi connectivity index (χ0v) is 10.1. The average Bonchev–Trinajstić information content (AvgIpc) is 2.26. The molecule has 92 valence electrons. The van der Waals surface area contributed by atoms with Crippen LogP contribution in [0.15, 0.2) is 18.2 Å². The molecule has 0 radical (unpaired) electrons. The number of hydrogen-bond donors (Lipinski definition) is 0. The van der Waals surface area contributed by atoms with E-state index in [1.54, 1.807) is 0 Å². The lowest BCUT2D eigenvalue weighted by molar-refractivity contribution is 0.215. The van der Waals surface area contributed by atoms with E-state index in [1.807, 2.05) is 18.7 Å². The zero-order chi connectivity index (χ0) is 12.8. The second-order valence-corrected chi connectivity index (χ2v) is 4.21. The largest absolute Gasteiger partial charge is 0.296 e. The first-order chi connectivity index (χ1) is 8.04. The van der Waals surface area contributed by atoms with Gasteiger partial charge in [-0.05, 0) is 19.9 Å². The van der Waals surface area contributed by atoms with Gasteiger partial charge in [0.15, 0.2) is 0 Å².